The summed E-state index contributed by atoms with van der Waals surface area (Å²) >= 11 is 0. The van der Waals surface area contributed by atoms with Crippen LogP contribution in [0.1, 0.15) is 38.7 Å². The molecule has 1 aromatic rings. The Morgan fingerprint density at radius 2 is 1.83 bits per heavy atom. The molecule has 0 radical (unpaired) electrons. The molecule has 1 aliphatic carbocycles. The predicted octanol–water partition coefficient (Wildman–Crippen LogP) is 1.34. The molecule has 1 fully saturated rings. The molecule has 8 heteroatoms. The van der Waals surface area contributed by atoms with Crippen LogP contribution in [0.3, 0.4) is 0 Å². The van der Waals surface area contributed by atoms with Crippen LogP contribution in [-0.2, 0) is 21.2 Å². The lowest BCUT2D eigenvalue weighted by Crippen LogP contribution is -2.48. The lowest BCUT2D eigenvalue weighted by molar-refractivity contribution is -0.122. The number of amides is 1. The lowest BCUT2D eigenvalue weighted by atomic mass is 10.0. The normalized spacial score (nSPS) is 14.8. The number of carbonyl (C=O) groups excluding carboxylic acids is 1. The van der Waals surface area contributed by atoms with E-state index in [0.717, 1.165) is 18.4 Å². The third-order valence-electron chi connectivity index (χ3n) is 3.76. The molecular formula is C16H26ClN3O3S. The molecule has 0 atom stereocenters. The zero-order chi connectivity index (χ0) is 17.1. The number of nitrogens with one attached hydrogen (secondary N) is 2. The van der Waals surface area contributed by atoms with E-state index in [-0.39, 0.29) is 29.3 Å². The van der Waals surface area contributed by atoms with E-state index in [1.54, 1.807) is 24.3 Å². The zero-order valence-electron chi connectivity index (χ0n) is 14.0. The molecule has 1 aromatic carbocycles. The van der Waals surface area contributed by atoms with E-state index in [4.69, 9.17) is 5.73 Å². The fourth-order valence-corrected chi connectivity index (χ4v) is 3.38. The lowest BCUT2D eigenvalue weighted by Gasteiger charge is -2.24. The van der Waals surface area contributed by atoms with Gasteiger partial charge in [0.25, 0.3) is 0 Å². The van der Waals surface area contributed by atoms with Crippen LogP contribution in [0.2, 0.25) is 0 Å². The number of nitrogens with two attached hydrogens (primary N) is 1. The number of hydrogen-bond donors (Lipinski definition) is 3. The minimum atomic E-state index is -3.42. The smallest absolute Gasteiger partial charge is 0.240 e. The van der Waals surface area contributed by atoms with E-state index in [0.29, 0.717) is 19.4 Å². The number of aryl methyl sites for hydroxylation is 1. The van der Waals surface area contributed by atoms with Gasteiger partial charge < -0.3 is 11.1 Å². The Bertz CT molecular complexity index is 656. The molecule has 0 saturated heterocycles. The van der Waals surface area contributed by atoms with Crippen molar-refractivity contribution in [3.8, 4) is 0 Å². The van der Waals surface area contributed by atoms with Gasteiger partial charge in [-0.3, -0.25) is 4.79 Å². The largest absolute Gasteiger partial charge is 0.350 e. The molecule has 1 saturated carbocycles. The van der Waals surface area contributed by atoms with Gasteiger partial charge in [0, 0.05) is 24.5 Å². The number of carbonyl (C=O) groups is 1. The second-order valence-electron chi connectivity index (χ2n) is 6.68. The third-order valence-corrected chi connectivity index (χ3v) is 5.30. The van der Waals surface area contributed by atoms with Crippen LogP contribution in [0.25, 0.3) is 0 Å². The molecule has 6 nitrogen and oxygen atoms in total. The van der Waals surface area contributed by atoms with Crippen LogP contribution in [0, 0.1) is 0 Å². The fourth-order valence-electron chi connectivity index (χ4n) is 2.07. The summed E-state index contributed by atoms with van der Waals surface area (Å²) in [4.78, 5) is 12.1. The predicted molar refractivity (Wildman–Crippen MR) is 96.6 cm³/mol. The number of hydrogen-bond acceptors (Lipinski definition) is 4. The van der Waals surface area contributed by atoms with Crippen LogP contribution in [-0.4, -0.2) is 32.5 Å². The molecule has 0 spiro atoms. The maximum absolute atomic E-state index is 12.1. The highest BCUT2D eigenvalue weighted by Crippen LogP contribution is 2.22. The van der Waals surface area contributed by atoms with Gasteiger partial charge >= 0.3 is 0 Å². The first kappa shape index (κ1) is 20.9. The van der Waals surface area contributed by atoms with Crippen molar-refractivity contribution in [1.29, 1.82) is 0 Å². The van der Waals surface area contributed by atoms with Crippen molar-refractivity contribution in [3.05, 3.63) is 29.8 Å². The Hall–Kier alpha value is -1.15. The molecule has 0 unspecified atom stereocenters. The van der Waals surface area contributed by atoms with Gasteiger partial charge in [-0.05, 0) is 50.8 Å². The van der Waals surface area contributed by atoms with Crippen LogP contribution < -0.4 is 15.8 Å². The Labute approximate surface area is 150 Å². The van der Waals surface area contributed by atoms with Gasteiger partial charge in [0.2, 0.25) is 15.9 Å². The topological polar surface area (TPSA) is 101 Å². The molecule has 2 rings (SSSR count). The minimum absolute atomic E-state index is 0. The number of benzene rings is 1. The first-order valence-corrected chi connectivity index (χ1v) is 9.32. The van der Waals surface area contributed by atoms with Gasteiger partial charge in [0.05, 0.1) is 4.90 Å². The van der Waals surface area contributed by atoms with Gasteiger partial charge in [0.15, 0.2) is 0 Å². The summed E-state index contributed by atoms with van der Waals surface area (Å²) in [5, 5.41) is 2.87. The first-order chi connectivity index (χ1) is 10.7. The summed E-state index contributed by atoms with van der Waals surface area (Å²) in [6.45, 7) is 4.12. The summed E-state index contributed by atoms with van der Waals surface area (Å²) in [6.07, 6.45) is 2.72. The van der Waals surface area contributed by atoms with Crippen molar-refractivity contribution < 1.29 is 13.2 Å². The monoisotopic (exact) mass is 375 g/mol. The van der Waals surface area contributed by atoms with Crippen molar-refractivity contribution in [1.82, 2.24) is 10.0 Å². The maximum Gasteiger partial charge on any atom is 0.240 e. The van der Waals surface area contributed by atoms with Crippen LogP contribution >= 0.6 is 12.4 Å². The second-order valence-corrected chi connectivity index (χ2v) is 8.39. The van der Waals surface area contributed by atoms with Gasteiger partial charge in [0.1, 0.15) is 0 Å². The molecule has 0 heterocycles. The molecule has 136 valence electrons. The third kappa shape index (κ3) is 6.39. The second kappa shape index (κ2) is 8.29. The average molecular weight is 376 g/mol. The molecule has 1 aliphatic rings. The Balaban J connectivity index is 0.00000288. The Kier molecular flexibility index (Phi) is 7.22. The van der Waals surface area contributed by atoms with Gasteiger partial charge in [-0.1, -0.05) is 12.1 Å². The average Bonchev–Trinajstić information content (AvgIpc) is 3.28. The van der Waals surface area contributed by atoms with Crippen LogP contribution in [0.15, 0.2) is 29.2 Å². The summed E-state index contributed by atoms with van der Waals surface area (Å²) in [5.41, 5.74) is 6.09. The molecule has 0 aliphatic heterocycles. The zero-order valence-corrected chi connectivity index (χ0v) is 15.7. The number of halogens is 1. The van der Waals surface area contributed by atoms with Crippen molar-refractivity contribution in [2.24, 2.45) is 5.73 Å². The van der Waals surface area contributed by atoms with Gasteiger partial charge in [-0.15, -0.1) is 12.4 Å². The van der Waals surface area contributed by atoms with Crippen molar-refractivity contribution in [2.75, 3.05) is 6.54 Å². The van der Waals surface area contributed by atoms with E-state index < -0.39 is 15.6 Å². The summed E-state index contributed by atoms with van der Waals surface area (Å²) < 4.78 is 26.8. The molecular weight excluding hydrogens is 350 g/mol. The van der Waals surface area contributed by atoms with E-state index in [1.807, 2.05) is 13.8 Å². The Morgan fingerprint density at radius 1 is 1.25 bits per heavy atom. The highest BCUT2D eigenvalue weighted by molar-refractivity contribution is 7.89. The fraction of sp³-hybridized carbons (Fsp3) is 0.562. The van der Waals surface area contributed by atoms with Crippen LogP contribution in [0.4, 0.5) is 0 Å². The number of rotatable bonds is 8. The van der Waals surface area contributed by atoms with Crippen molar-refractivity contribution in [3.63, 3.8) is 0 Å². The highest BCUT2D eigenvalue weighted by atomic mass is 35.5. The standard InChI is InChI=1S/C16H25N3O3S.ClH/c1-16(2,11-17)18-15(20)10-5-12-3-8-14(9-4-12)23(21,22)19-13-6-7-13;/h3-4,8-9,13,19H,5-7,10-11,17H2,1-2H3,(H,18,20);1H. The first-order valence-electron chi connectivity index (χ1n) is 7.84. The van der Waals surface area contributed by atoms with E-state index in [9.17, 15) is 13.2 Å². The molecule has 24 heavy (non-hydrogen) atoms. The SMILES string of the molecule is CC(C)(CN)NC(=O)CCc1ccc(S(=O)(=O)NC2CC2)cc1.Cl. The molecule has 0 aromatic heterocycles. The van der Waals surface area contributed by atoms with Crippen molar-refractivity contribution >= 4 is 28.3 Å². The quantitative estimate of drug-likeness (QED) is 0.638. The Morgan fingerprint density at radius 3 is 2.33 bits per heavy atom. The minimum Gasteiger partial charge on any atom is -0.350 e. The van der Waals surface area contributed by atoms with Crippen LogP contribution in [0.5, 0.6) is 0 Å². The van der Waals surface area contributed by atoms with Crippen molar-refractivity contribution in [2.45, 2.75) is 56.0 Å². The summed E-state index contributed by atoms with van der Waals surface area (Å²) in [5.74, 6) is -0.0625. The van der Waals surface area contributed by atoms with E-state index in [1.165, 1.54) is 0 Å². The van der Waals surface area contributed by atoms with E-state index in [2.05, 4.69) is 10.0 Å². The molecule has 1 amide bonds. The van der Waals surface area contributed by atoms with Gasteiger partial charge in [-0.2, -0.15) is 0 Å². The molecule has 4 N–H and O–H groups in total. The van der Waals surface area contributed by atoms with E-state index >= 15 is 0 Å². The van der Waals surface area contributed by atoms with Gasteiger partial charge in [-0.25, -0.2) is 13.1 Å². The maximum atomic E-state index is 12.1. The number of sulfonamides is 1. The molecule has 0 bridgehead atoms. The highest BCUT2D eigenvalue weighted by Gasteiger charge is 2.27. The summed E-state index contributed by atoms with van der Waals surface area (Å²) in [7, 11) is -3.42. The summed E-state index contributed by atoms with van der Waals surface area (Å²) in [6, 6.07) is 6.77.